The number of methoxy groups -OCH3 is 2. The smallest absolute Gasteiger partial charge is 0.337 e. The molecule has 0 atom stereocenters. The Morgan fingerprint density at radius 3 is 2.36 bits per heavy atom. The van der Waals surface area contributed by atoms with E-state index in [2.05, 4.69) is 5.32 Å². The normalized spacial score (nSPS) is 10.0. The van der Waals surface area contributed by atoms with Crippen molar-refractivity contribution in [2.24, 2.45) is 0 Å². The third kappa shape index (κ3) is 4.63. The molecule has 0 aliphatic heterocycles. The van der Waals surface area contributed by atoms with Gasteiger partial charge in [0.1, 0.15) is 23.9 Å². The third-order valence-corrected chi connectivity index (χ3v) is 3.41. The van der Waals surface area contributed by atoms with E-state index >= 15 is 0 Å². The van der Waals surface area contributed by atoms with Gasteiger partial charge in [-0.2, -0.15) is 0 Å². The molecule has 0 spiro atoms. The first-order valence-corrected chi connectivity index (χ1v) is 7.43. The van der Waals surface area contributed by atoms with Gasteiger partial charge in [0.05, 0.1) is 25.5 Å². The Morgan fingerprint density at radius 1 is 1.04 bits per heavy atom. The number of hydrogen-bond acceptors (Lipinski definition) is 5. The zero-order chi connectivity index (χ0) is 18.4. The monoisotopic (exact) mass is 345 g/mol. The third-order valence-electron chi connectivity index (χ3n) is 3.41. The van der Waals surface area contributed by atoms with Gasteiger partial charge < -0.3 is 24.6 Å². The SMILES string of the molecule is COc1ccc(OC)c(COc2ccc(NC(C)=O)c(C(=O)O)c2)c1. The van der Waals surface area contributed by atoms with Crippen LogP contribution >= 0.6 is 0 Å². The molecule has 0 unspecified atom stereocenters. The molecular formula is C18H19NO6. The van der Waals surface area contributed by atoms with E-state index in [1.54, 1.807) is 38.5 Å². The Hall–Kier alpha value is -3.22. The fourth-order valence-electron chi connectivity index (χ4n) is 2.24. The van der Waals surface area contributed by atoms with E-state index in [-0.39, 0.29) is 23.8 Å². The molecule has 0 radical (unpaired) electrons. The van der Waals surface area contributed by atoms with Crippen molar-refractivity contribution < 1.29 is 28.9 Å². The second-order valence-corrected chi connectivity index (χ2v) is 5.16. The summed E-state index contributed by atoms with van der Waals surface area (Å²) in [6, 6.07) is 9.75. The molecule has 2 N–H and O–H groups in total. The van der Waals surface area contributed by atoms with Gasteiger partial charge in [0.2, 0.25) is 5.91 Å². The highest BCUT2D eigenvalue weighted by Crippen LogP contribution is 2.27. The number of rotatable bonds is 7. The molecule has 7 nitrogen and oxygen atoms in total. The molecule has 7 heteroatoms. The van der Waals surface area contributed by atoms with Crippen LogP contribution in [0.1, 0.15) is 22.8 Å². The average molecular weight is 345 g/mol. The van der Waals surface area contributed by atoms with Crippen LogP contribution in [0.3, 0.4) is 0 Å². The molecule has 1 amide bonds. The second kappa shape index (κ2) is 8.05. The Morgan fingerprint density at radius 2 is 1.76 bits per heavy atom. The molecule has 25 heavy (non-hydrogen) atoms. The summed E-state index contributed by atoms with van der Waals surface area (Å²) in [5.41, 5.74) is 0.918. The first-order valence-electron chi connectivity index (χ1n) is 7.43. The molecule has 0 aliphatic rings. The average Bonchev–Trinajstić information content (AvgIpc) is 2.59. The number of amides is 1. The van der Waals surface area contributed by atoms with E-state index in [9.17, 15) is 14.7 Å². The van der Waals surface area contributed by atoms with Crippen molar-refractivity contribution in [2.45, 2.75) is 13.5 Å². The summed E-state index contributed by atoms with van der Waals surface area (Å²) >= 11 is 0. The predicted molar refractivity (Wildman–Crippen MR) is 91.6 cm³/mol. The molecule has 0 aromatic heterocycles. The summed E-state index contributed by atoms with van der Waals surface area (Å²) in [6.07, 6.45) is 0. The van der Waals surface area contributed by atoms with Gasteiger partial charge in [-0.05, 0) is 36.4 Å². The number of carbonyl (C=O) groups is 2. The van der Waals surface area contributed by atoms with Gasteiger partial charge in [0, 0.05) is 12.5 Å². The molecular weight excluding hydrogens is 326 g/mol. The molecule has 0 saturated heterocycles. The lowest BCUT2D eigenvalue weighted by Gasteiger charge is -2.13. The Labute approximate surface area is 145 Å². The van der Waals surface area contributed by atoms with Crippen molar-refractivity contribution in [3.05, 3.63) is 47.5 Å². The van der Waals surface area contributed by atoms with Crippen LogP contribution < -0.4 is 19.5 Å². The lowest BCUT2D eigenvalue weighted by atomic mass is 10.1. The lowest BCUT2D eigenvalue weighted by Crippen LogP contribution is -2.11. The van der Waals surface area contributed by atoms with Gasteiger partial charge >= 0.3 is 5.97 Å². The van der Waals surface area contributed by atoms with Crippen molar-refractivity contribution in [1.82, 2.24) is 0 Å². The summed E-state index contributed by atoms with van der Waals surface area (Å²) < 4.78 is 16.1. The second-order valence-electron chi connectivity index (χ2n) is 5.16. The van der Waals surface area contributed by atoms with E-state index in [0.717, 1.165) is 5.56 Å². The Bertz CT molecular complexity index is 787. The number of carbonyl (C=O) groups excluding carboxylic acids is 1. The highest BCUT2D eigenvalue weighted by molar-refractivity contribution is 6.00. The zero-order valence-electron chi connectivity index (χ0n) is 14.2. The molecule has 0 fully saturated rings. The van der Waals surface area contributed by atoms with Crippen LogP contribution in [0.4, 0.5) is 5.69 Å². The van der Waals surface area contributed by atoms with E-state index < -0.39 is 5.97 Å². The van der Waals surface area contributed by atoms with Crippen molar-refractivity contribution in [2.75, 3.05) is 19.5 Å². The fraction of sp³-hybridized carbons (Fsp3) is 0.222. The number of nitrogens with one attached hydrogen (secondary N) is 1. The number of aromatic carboxylic acids is 1. The molecule has 0 bridgehead atoms. The number of carboxylic acids is 1. The van der Waals surface area contributed by atoms with Crippen LogP contribution in [0.15, 0.2) is 36.4 Å². The van der Waals surface area contributed by atoms with Crippen molar-refractivity contribution in [3.8, 4) is 17.2 Å². The van der Waals surface area contributed by atoms with E-state index in [1.807, 2.05) is 0 Å². The summed E-state index contributed by atoms with van der Waals surface area (Å²) in [7, 11) is 3.11. The minimum atomic E-state index is -1.16. The maximum absolute atomic E-state index is 11.4. The predicted octanol–water partition coefficient (Wildman–Crippen LogP) is 2.94. The minimum Gasteiger partial charge on any atom is -0.497 e. The lowest BCUT2D eigenvalue weighted by molar-refractivity contribution is -0.114. The Balaban J connectivity index is 2.22. The quantitative estimate of drug-likeness (QED) is 0.801. The van der Waals surface area contributed by atoms with Gasteiger partial charge in [0.25, 0.3) is 0 Å². The highest BCUT2D eigenvalue weighted by Gasteiger charge is 2.13. The molecule has 132 valence electrons. The van der Waals surface area contributed by atoms with Crippen LogP contribution in [0.25, 0.3) is 0 Å². The molecule has 0 aliphatic carbocycles. The first kappa shape index (κ1) is 18.1. The van der Waals surface area contributed by atoms with Gasteiger partial charge in [-0.1, -0.05) is 0 Å². The van der Waals surface area contributed by atoms with E-state index in [4.69, 9.17) is 14.2 Å². The van der Waals surface area contributed by atoms with Crippen molar-refractivity contribution in [1.29, 1.82) is 0 Å². The number of hydrogen-bond donors (Lipinski definition) is 2. The number of carboxylic acid groups (broad SMARTS) is 1. The van der Waals surface area contributed by atoms with Crippen LogP contribution in [0.2, 0.25) is 0 Å². The summed E-state index contributed by atoms with van der Waals surface area (Å²) in [4.78, 5) is 22.5. The van der Waals surface area contributed by atoms with Crippen LogP contribution in [-0.4, -0.2) is 31.2 Å². The maximum atomic E-state index is 11.4. The Kier molecular flexibility index (Phi) is 5.84. The standard InChI is InChI=1S/C18H19NO6/c1-11(20)19-16-6-4-14(9-15(16)18(21)22)25-10-12-8-13(23-2)5-7-17(12)24-3/h4-9H,10H2,1-3H3,(H,19,20)(H,21,22). The topological polar surface area (TPSA) is 94.1 Å². The highest BCUT2D eigenvalue weighted by atomic mass is 16.5. The van der Waals surface area contributed by atoms with Gasteiger partial charge in [-0.25, -0.2) is 4.79 Å². The van der Waals surface area contributed by atoms with Crippen LogP contribution in [-0.2, 0) is 11.4 Å². The van der Waals surface area contributed by atoms with Crippen molar-refractivity contribution in [3.63, 3.8) is 0 Å². The maximum Gasteiger partial charge on any atom is 0.337 e. The molecule has 2 aromatic carbocycles. The number of benzene rings is 2. The van der Waals surface area contributed by atoms with Crippen LogP contribution in [0, 0.1) is 0 Å². The van der Waals surface area contributed by atoms with Gasteiger partial charge in [0.15, 0.2) is 0 Å². The summed E-state index contributed by atoms with van der Waals surface area (Å²) in [5.74, 6) is 0.141. The van der Waals surface area contributed by atoms with E-state index in [0.29, 0.717) is 17.2 Å². The van der Waals surface area contributed by atoms with Crippen LogP contribution in [0.5, 0.6) is 17.2 Å². The number of anilines is 1. The largest absolute Gasteiger partial charge is 0.497 e. The number of ether oxygens (including phenoxy) is 3. The first-order chi connectivity index (χ1) is 11.9. The summed E-state index contributed by atoms with van der Waals surface area (Å²) in [6.45, 7) is 1.48. The molecule has 2 rings (SSSR count). The molecule has 0 saturated carbocycles. The zero-order valence-corrected chi connectivity index (χ0v) is 14.2. The summed E-state index contributed by atoms with van der Waals surface area (Å²) in [5, 5.41) is 11.8. The van der Waals surface area contributed by atoms with E-state index in [1.165, 1.54) is 19.1 Å². The van der Waals surface area contributed by atoms with Gasteiger partial charge in [-0.3, -0.25) is 4.79 Å². The van der Waals surface area contributed by atoms with Gasteiger partial charge in [-0.15, -0.1) is 0 Å². The molecule has 0 heterocycles. The van der Waals surface area contributed by atoms with Crippen molar-refractivity contribution >= 4 is 17.6 Å². The minimum absolute atomic E-state index is 0.0506. The molecule has 2 aromatic rings. The fourth-order valence-corrected chi connectivity index (χ4v) is 2.24.